The van der Waals surface area contributed by atoms with Gasteiger partial charge >= 0.3 is 6.18 Å². The molecule has 0 bridgehead atoms. The molecule has 0 aliphatic heterocycles. The molecule has 0 heterocycles. The van der Waals surface area contributed by atoms with Crippen molar-refractivity contribution in [3.8, 4) is 5.75 Å². The van der Waals surface area contributed by atoms with E-state index in [0.717, 1.165) is 6.07 Å². The Kier molecular flexibility index (Phi) is 3.26. The molecular formula is C13H14ClF3O. The van der Waals surface area contributed by atoms with Gasteiger partial charge < -0.3 is 4.74 Å². The van der Waals surface area contributed by atoms with E-state index in [9.17, 15) is 13.2 Å². The molecule has 0 radical (unpaired) electrons. The molecule has 2 unspecified atom stereocenters. The summed E-state index contributed by atoms with van der Waals surface area (Å²) in [5.74, 6) is -0.119. The third kappa shape index (κ3) is 2.30. The average Bonchev–Trinajstić information content (AvgIpc) is 2.28. The van der Waals surface area contributed by atoms with Crippen molar-refractivity contribution in [3.63, 3.8) is 0 Å². The summed E-state index contributed by atoms with van der Waals surface area (Å²) in [7, 11) is 0. The first-order valence-electron chi connectivity index (χ1n) is 5.70. The second kappa shape index (κ2) is 4.34. The van der Waals surface area contributed by atoms with Crippen LogP contribution in [0.3, 0.4) is 0 Å². The van der Waals surface area contributed by atoms with Crippen LogP contribution in [-0.4, -0.2) is 11.5 Å². The van der Waals surface area contributed by atoms with Crippen molar-refractivity contribution in [2.45, 2.75) is 37.9 Å². The standard InChI is InChI=1S/C13H14ClF3O/c1-12(2)10(14)7-11(12)18-9-6-4-3-5-8(9)13(15,16)17/h3-6,10-11H,7H2,1-2H3. The summed E-state index contributed by atoms with van der Waals surface area (Å²) in [6.07, 6.45) is -4.10. The van der Waals surface area contributed by atoms with Crippen LogP contribution in [0.4, 0.5) is 13.2 Å². The molecular weight excluding hydrogens is 265 g/mol. The second-order valence-corrected chi connectivity index (χ2v) is 5.65. The van der Waals surface area contributed by atoms with Gasteiger partial charge in [0.05, 0.1) is 5.56 Å². The molecule has 0 spiro atoms. The number of hydrogen-bond donors (Lipinski definition) is 0. The van der Waals surface area contributed by atoms with Gasteiger partial charge in [0.25, 0.3) is 0 Å². The normalized spacial score (nSPS) is 26.6. The van der Waals surface area contributed by atoms with Crippen molar-refractivity contribution in [2.24, 2.45) is 5.41 Å². The molecule has 1 aromatic rings. The number of para-hydroxylation sites is 1. The molecule has 1 aliphatic carbocycles. The third-order valence-electron chi connectivity index (χ3n) is 3.52. The predicted octanol–water partition coefficient (Wildman–Crippen LogP) is 4.49. The monoisotopic (exact) mass is 278 g/mol. The van der Waals surface area contributed by atoms with Crippen molar-refractivity contribution in [1.29, 1.82) is 0 Å². The maximum absolute atomic E-state index is 12.8. The smallest absolute Gasteiger partial charge is 0.419 e. The quantitative estimate of drug-likeness (QED) is 0.724. The summed E-state index contributed by atoms with van der Waals surface area (Å²) in [4.78, 5) is 0. The summed E-state index contributed by atoms with van der Waals surface area (Å²) in [6.45, 7) is 3.80. The Balaban J connectivity index is 2.21. The van der Waals surface area contributed by atoms with E-state index in [1.807, 2.05) is 13.8 Å². The Morgan fingerprint density at radius 1 is 1.28 bits per heavy atom. The van der Waals surface area contributed by atoms with Gasteiger partial charge in [0.1, 0.15) is 11.9 Å². The molecule has 0 N–H and O–H groups in total. The second-order valence-electron chi connectivity index (χ2n) is 5.13. The number of alkyl halides is 4. The zero-order valence-corrected chi connectivity index (χ0v) is 10.8. The van der Waals surface area contributed by atoms with Gasteiger partial charge in [-0.25, -0.2) is 0 Å². The topological polar surface area (TPSA) is 9.23 Å². The van der Waals surface area contributed by atoms with Gasteiger partial charge in [0.2, 0.25) is 0 Å². The highest BCUT2D eigenvalue weighted by molar-refractivity contribution is 6.21. The lowest BCUT2D eigenvalue weighted by molar-refractivity contribution is -0.140. The molecule has 2 atom stereocenters. The highest BCUT2D eigenvalue weighted by Gasteiger charge is 2.49. The molecule has 1 nitrogen and oxygen atoms in total. The largest absolute Gasteiger partial charge is 0.489 e. The molecule has 1 aliphatic rings. The lowest BCUT2D eigenvalue weighted by Crippen LogP contribution is -2.53. The van der Waals surface area contributed by atoms with Crippen LogP contribution >= 0.6 is 11.6 Å². The first kappa shape index (κ1) is 13.5. The highest BCUT2D eigenvalue weighted by Crippen LogP contribution is 2.47. The Labute approximate surface area is 109 Å². The summed E-state index contributed by atoms with van der Waals surface area (Å²) < 4.78 is 43.8. The fourth-order valence-corrected chi connectivity index (χ4v) is 2.30. The van der Waals surface area contributed by atoms with E-state index < -0.39 is 11.7 Å². The van der Waals surface area contributed by atoms with Crippen molar-refractivity contribution >= 4 is 11.6 Å². The SMILES string of the molecule is CC1(C)C(Cl)CC1Oc1ccccc1C(F)(F)F. The average molecular weight is 279 g/mol. The molecule has 0 saturated heterocycles. The number of halogens is 4. The molecule has 1 aromatic carbocycles. The van der Waals surface area contributed by atoms with Crippen LogP contribution in [0.2, 0.25) is 0 Å². The maximum atomic E-state index is 12.8. The molecule has 1 fully saturated rings. The highest BCUT2D eigenvalue weighted by atomic mass is 35.5. The first-order chi connectivity index (χ1) is 8.23. The van der Waals surface area contributed by atoms with E-state index in [2.05, 4.69) is 0 Å². The van der Waals surface area contributed by atoms with Crippen molar-refractivity contribution in [2.75, 3.05) is 0 Å². The van der Waals surface area contributed by atoms with Crippen molar-refractivity contribution in [1.82, 2.24) is 0 Å². The van der Waals surface area contributed by atoms with Gasteiger partial charge in [0, 0.05) is 17.2 Å². The van der Waals surface area contributed by atoms with Crippen molar-refractivity contribution < 1.29 is 17.9 Å². The molecule has 100 valence electrons. The van der Waals surface area contributed by atoms with Gasteiger partial charge in [-0.2, -0.15) is 13.2 Å². The van der Waals surface area contributed by atoms with E-state index in [1.54, 1.807) is 0 Å². The zero-order chi connectivity index (χ0) is 13.6. The summed E-state index contributed by atoms with van der Waals surface area (Å²) in [5, 5.41) is -0.0550. The van der Waals surface area contributed by atoms with Gasteiger partial charge in [-0.15, -0.1) is 11.6 Å². The lowest BCUT2D eigenvalue weighted by atomic mass is 9.68. The fraction of sp³-hybridized carbons (Fsp3) is 0.538. The Bertz CT molecular complexity index is 442. The van der Waals surface area contributed by atoms with Crippen LogP contribution in [0.5, 0.6) is 5.75 Å². The maximum Gasteiger partial charge on any atom is 0.419 e. The van der Waals surface area contributed by atoms with Crippen LogP contribution < -0.4 is 4.74 Å². The van der Waals surface area contributed by atoms with Crippen molar-refractivity contribution in [3.05, 3.63) is 29.8 Å². The minimum absolute atomic E-state index is 0.0550. The van der Waals surface area contributed by atoms with Crippen LogP contribution in [-0.2, 0) is 6.18 Å². The van der Waals surface area contributed by atoms with Crippen LogP contribution in [0.25, 0.3) is 0 Å². The minimum atomic E-state index is -4.40. The predicted molar refractivity (Wildman–Crippen MR) is 63.9 cm³/mol. The van der Waals surface area contributed by atoms with Gasteiger partial charge in [-0.1, -0.05) is 26.0 Å². The minimum Gasteiger partial charge on any atom is -0.489 e. The van der Waals surface area contributed by atoms with E-state index in [1.165, 1.54) is 18.2 Å². The van der Waals surface area contributed by atoms with E-state index in [0.29, 0.717) is 6.42 Å². The number of ether oxygens (including phenoxy) is 1. The molecule has 5 heteroatoms. The Hall–Kier alpha value is -0.900. The van der Waals surface area contributed by atoms with Crippen LogP contribution in [0, 0.1) is 5.41 Å². The molecule has 2 rings (SSSR count). The van der Waals surface area contributed by atoms with E-state index >= 15 is 0 Å². The van der Waals surface area contributed by atoms with Gasteiger partial charge in [0.15, 0.2) is 0 Å². The number of hydrogen-bond acceptors (Lipinski definition) is 1. The molecule has 0 aromatic heterocycles. The van der Waals surface area contributed by atoms with Crippen LogP contribution in [0.15, 0.2) is 24.3 Å². The zero-order valence-electron chi connectivity index (χ0n) is 10.1. The molecule has 18 heavy (non-hydrogen) atoms. The lowest BCUT2D eigenvalue weighted by Gasteiger charge is -2.48. The molecule has 1 saturated carbocycles. The third-order valence-corrected chi connectivity index (χ3v) is 4.26. The molecule has 0 amide bonds. The summed E-state index contributed by atoms with van der Waals surface area (Å²) in [5.41, 5.74) is -1.04. The van der Waals surface area contributed by atoms with Gasteiger partial charge in [-0.3, -0.25) is 0 Å². The van der Waals surface area contributed by atoms with Crippen LogP contribution in [0.1, 0.15) is 25.8 Å². The Morgan fingerprint density at radius 2 is 1.89 bits per heavy atom. The summed E-state index contributed by atoms with van der Waals surface area (Å²) in [6, 6.07) is 5.26. The Morgan fingerprint density at radius 3 is 2.39 bits per heavy atom. The number of rotatable bonds is 2. The fourth-order valence-electron chi connectivity index (χ4n) is 1.99. The van der Waals surface area contributed by atoms with Gasteiger partial charge in [-0.05, 0) is 12.1 Å². The van der Waals surface area contributed by atoms with E-state index in [4.69, 9.17) is 16.3 Å². The number of benzene rings is 1. The summed E-state index contributed by atoms with van der Waals surface area (Å²) >= 11 is 6.03. The first-order valence-corrected chi connectivity index (χ1v) is 6.13. The van der Waals surface area contributed by atoms with E-state index in [-0.39, 0.29) is 22.6 Å².